The van der Waals surface area contributed by atoms with Gasteiger partial charge in [-0.3, -0.25) is 0 Å². The van der Waals surface area contributed by atoms with E-state index >= 15 is 0 Å². The van der Waals surface area contributed by atoms with Gasteiger partial charge in [0.1, 0.15) is 5.36 Å². The smallest absolute Gasteiger partial charge is 0.113 e. The van der Waals surface area contributed by atoms with Crippen LogP contribution < -0.4 is 5.36 Å². The monoisotopic (exact) mass is 210 g/mol. The van der Waals surface area contributed by atoms with E-state index in [1.54, 1.807) is 18.2 Å². The highest BCUT2D eigenvalue weighted by Gasteiger charge is 2.01. The molecule has 2 rings (SSSR count). The fourth-order valence-electron chi connectivity index (χ4n) is 1.31. The third-order valence-electron chi connectivity index (χ3n) is 1.96. The normalized spacial score (nSPS) is 12.2. The molecule has 0 saturated heterocycles. The predicted molar refractivity (Wildman–Crippen MR) is 51.5 cm³/mol. The van der Waals surface area contributed by atoms with Gasteiger partial charge < -0.3 is 10.4 Å². The number of hydrogen-bond acceptors (Lipinski definition) is 3. The second kappa shape index (κ2) is 3.23. The van der Waals surface area contributed by atoms with Crippen LogP contribution in [0.5, 0.6) is 0 Å². The molecule has 0 amide bonds. The highest BCUT2D eigenvalue weighted by atomic mass is 35.5. The Balaban J connectivity index is 2.99. The van der Waals surface area contributed by atoms with Crippen LogP contribution in [0.4, 0.5) is 0 Å². The third kappa shape index (κ3) is 1.29. The lowest BCUT2D eigenvalue weighted by Crippen LogP contribution is -2.07. The van der Waals surface area contributed by atoms with E-state index in [1.807, 2.05) is 0 Å². The molecule has 0 fully saturated rings. The van der Waals surface area contributed by atoms with E-state index in [0.717, 1.165) is 4.73 Å². The highest BCUT2D eigenvalue weighted by molar-refractivity contribution is 6.31. The van der Waals surface area contributed by atoms with Crippen molar-refractivity contribution in [2.45, 2.75) is 0 Å². The highest BCUT2D eigenvalue weighted by Crippen LogP contribution is 2.15. The van der Waals surface area contributed by atoms with Gasteiger partial charge in [-0.2, -0.15) is 4.73 Å². The van der Waals surface area contributed by atoms with E-state index in [1.165, 1.54) is 12.3 Å². The summed E-state index contributed by atoms with van der Waals surface area (Å²) in [4.78, 5) is 0. The van der Waals surface area contributed by atoms with Crippen molar-refractivity contribution in [3.05, 3.63) is 40.8 Å². The fourth-order valence-corrected chi connectivity index (χ4v) is 1.48. The number of nitrogens with zero attached hydrogens (tertiary/aromatic N) is 2. The number of halogens is 1. The van der Waals surface area contributed by atoms with Crippen LogP contribution in [0.1, 0.15) is 0 Å². The standard InChI is InChI=1S/C9H7ClN2O2/c10-6-1-2-7-8(11-13)3-4-12(14)9(7)5-6/h1-5,13-14H/b11-8-. The van der Waals surface area contributed by atoms with Crippen LogP contribution in [0.3, 0.4) is 0 Å². The lowest BCUT2D eigenvalue weighted by atomic mass is 10.2. The van der Waals surface area contributed by atoms with Crippen LogP contribution >= 0.6 is 11.6 Å². The molecule has 0 aliphatic heterocycles. The molecule has 1 aromatic carbocycles. The number of rotatable bonds is 0. The molecule has 0 spiro atoms. The predicted octanol–water partition coefficient (Wildman–Crippen LogP) is 1.82. The molecule has 1 aromatic heterocycles. The number of aromatic nitrogens is 1. The van der Waals surface area contributed by atoms with Gasteiger partial charge in [-0.05, 0) is 24.3 Å². The molecule has 14 heavy (non-hydrogen) atoms. The maximum absolute atomic E-state index is 9.45. The number of hydrogen-bond donors (Lipinski definition) is 2. The molecule has 1 heterocycles. The number of fused-ring (bicyclic) bond motifs is 1. The topological polar surface area (TPSA) is 57.8 Å². The van der Waals surface area contributed by atoms with Crippen molar-refractivity contribution in [2.24, 2.45) is 5.16 Å². The van der Waals surface area contributed by atoms with Gasteiger partial charge >= 0.3 is 0 Å². The number of pyridine rings is 1. The van der Waals surface area contributed by atoms with Gasteiger partial charge in [0.15, 0.2) is 0 Å². The minimum atomic E-state index is 0.391. The van der Waals surface area contributed by atoms with Crippen molar-refractivity contribution in [2.75, 3.05) is 0 Å². The van der Waals surface area contributed by atoms with Crippen LogP contribution in [0.2, 0.25) is 5.02 Å². The summed E-state index contributed by atoms with van der Waals surface area (Å²) >= 11 is 5.77. The molecule has 0 bridgehead atoms. The fraction of sp³-hybridized carbons (Fsp3) is 0. The first-order valence-corrected chi connectivity index (χ1v) is 4.28. The lowest BCUT2D eigenvalue weighted by molar-refractivity contribution is 0.197. The van der Waals surface area contributed by atoms with E-state index in [2.05, 4.69) is 5.16 Å². The second-order valence-electron chi connectivity index (χ2n) is 2.81. The average molecular weight is 211 g/mol. The van der Waals surface area contributed by atoms with Crippen LogP contribution in [-0.4, -0.2) is 15.1 Å². The quantitative estimate of drug-likeness (QED) is 0.396. The van der Waals surface area contributed by atoms with Gasteiger partial charge in [-0.1, -0.05) is 16.8 Å². The molecule has 0 unspecified atom stereocenters. The SMILES string of the molecule is O/N=c1/ccn(O)c2cc(Cl)ccc12. The minimum Gasteiger partial charge on any atom is -0.428 e. The first-order valence-electron chi connectivity index (χ1n) is 3.90. The summed E-state index contributed by atoms with van der Waals surface area (Å²) in [5.41, 5.74) is 0.493. The summed E-state index contributed by atoms with van der Waals surface area (Å²) in [7, 11) is 0. The zero-order valence-electron chi connectivity index (χ0n) is 7.05. The number of benzene rings is 1. The van der Waals surface area contributed by atoms with Gasteiger partial charge in [-0.15, -0.1) is 0 Å². The van der Waals surface area contributed by atoms with Crippen molar-refractivity contribution < 1.29 is 10.4 Å². The molecule has 5 heteroatoms. The van der Waals surface area contributed by atoms with E-state index in [-0.39, 0.29) is 0 Å². The first kappa shape index (κ1) is 8.90. The zero-order chi connectivity index (χ0) is 10.1. The van der Waals surface area contributed by atoms with Gasteiger partial charge in [0.05, 0.1) is 5.52 Å². The van der Waals surface area contributed by atoms with Crippen molar-refractivity contribution in [1.82, 2.24) is 4.73 Å². The van der Waals surface area contributed by atoms with Crippen molar-refractivity contribution in [1.29, 1.82) is 0 Å². The van der Waals surface area contributed by atoms with Crippen LogP contribution in [-0.2, 0) is 0 Å². The van der Waals surface area contributed by atoms with Gasteiger partial charge in [-0.25, -0.2) is 0 Å². The first-order chi connectivity index (χ1) is 6.72. The minimum absolute atomic E-state index is 0.391. The molecular weight excluding hydrogens is 204 g/mol. The Morgan fingerprint density at radius 1 is 1.29 bits per heavy atom. The largest absolute Gasteiger partial charge is 0.428 e. The van der Waals surface area contributed by atoms with Crippen molar-refractivity contribution in [3.63, 3.8) is 0 Å². The molecule has 0 aliphatic carbocycles. The second-order valence-corrected chi connectivity index (χ2v) is 3.24. The molecule has 72 valence electrons. The van der Waals surface area contributed by atoms with E-state index in [0.29, 0.717) is 21.3 Å². The average Bonchev–Trinajstić information content (AvgIpc) is 2.19. The van der Waals surface area contributed by atoms with Gasteiger partial charge in [0, 0.05) is 16.6 Å². The summed E-state index contributed by atoms with van der Waals surface area (Å²) in [6.07, 6.45) is 1.38. The van der Waals surface area contributed by atoms with Crippen LogP contribution in [0.15, 0.2) is 35.6 Å². The summed E-state index contributed by atoms with van der Waals surface area (Å²) in [5.74, 6) is 0. The molecule has 0 radical (unpaired) electrons. The van der Waals surface area contributed by atoms with E-state index in [4.69, 9.17) is 16.8 Å². The Morgan fingerprint density at radius 3 is 2.79 bits per heavy atom. The molecule has 2 aromatic rings. The Morgan fingerprint density at radius 2 is 2.07 bits per heavy atom. The summed E-state index contributed by atoms with van der Waals surface area (Å²) in [6, 6.07) is 6.43. The molecule has 4 nitrogen and oxygen atoms in total. The molecule has 0 saturated carbocycles. The zero-order valence-corrected chi connectivity index (χ0v) is 7.81. The Kier molecular flexibility index (Phi) is 2.05. The molecule has 0 aliphatic rings. The Labute approximate surface area is 84.2 Å². The van der Waals surface area contributed by atoms with Crippen molar-refractivity contribution >= 4 is 22.5 Å². The summed E-state index contributed by atoms with van der Waals surface area (Å²) in [5, 5.41) is 22.8. The van der Waals surface area contributed by atoms with Crippen molar-refractivity contribution in [3.8, 4) is 0 Å². The summed E-state index contributed by atoms with van der Waals surface area (Å²) < 4.78 is 0.926. The maximum Gasteiger partial charge on any atom is 0.113 e. The molecule has 2 N–H and O–H groups in total. The van der Waals surface area contributed by atoms with E-state index in [9.17, 15) is 5.21 Å². The van der Waals surface area contributed by atoms with Gasteiger partial charge in [0.2, 0.25) is 0 Å². The molecule has 0 atom stereocenters. The van der Waals surface area contributed by atoms with E-state index < -0.39 is 0 Å². The summed E-state index contributed by atoms with van der Waals surface area (Å²) in [6.45, 7) is 0. The third-order valence-corrected chi connectivity index (χ3v) is 2.20. The maximum atomic E-state index is 9.45. The van der Waals surface area contributed by atoms with Crippen LogP contribution in [0.25, 0.3) is 10.9 Å². The van der Waals surface area contributed by atoms with Gasteiger partial charge in [0.25, 0.3) is 0 Å². The molecular formula is C9H7ClN2O2. The Bertz CT molecular complexity index is 548. The van der Waals surface area contributed by atoms with Crippen LogP contribution in [0, 0.1) is 0 Å². The lowest BCUT2D eigenvalue weighted by Gasteiger charge is -2.03. The Hall–Kier alpha value is -1.68.